The molecule has 8 heteroatoms. The molecule has 2 saturated heterocycles. The predicted molar refractivity (Wildman–Crippen MR) is 119 cm³/mol. The molecule has 0 saturated carbocycles. The first kappa shape index (κ1) is 22.9. The molecule has 6 nitrogen and oxygen atoms in total. The lowest BCUT2D eigenvalue weighted by Gasteiger charge is -2.32. The van der Waals surface area contributed by atoms with E-state index in [-0.39, 0.29) is 16.6 Å². The summed E-state index contributed by atoms with van der Waals surface area (Å²) < 4.78 is 45.5. The Morgan fingerprint density at radius 2 is 1.56 bits per heavy atom. The molecule has 32 heavy (non-hydrogen) atoms. The minimum Gasteiger partial charge on any atom is -0.376 e. The van der Waals surface area contributed by atoms with Crippen LogP contribution >= 0.6 is 0 Å². The Bertz CT molecular complexity index is 1010. The average Bonchev–Trinajstić information content (AvgIpc) is 3.37. The van der Waals surface area contributed by atoms with Crippen LogP contribution in [-0.2, 0) is 21.4 Å². The van der Waals surface area contributed by atoms with Crippen LogP contribution in [0.1, 0.15) is 41.6 Å². The standard InChI is InChI=1S/C24H29FN2O4S/c25-22-7-3-19(4-8-22)17-31-18-20-11-15-26(16-12-20)24(28)21-5-9-23(10-6-21)32(29,30)27-13-1-2-14-27/h3-10,20H,1-2,11-18H2. The number of likely N-dealkylation sites (tertiary alicyclic amines) is 1. The van der Waals surface area contributed by atoms with Crippen molar-refractivity contribution < 1.29 is 22.3 Å². The highest BCUT2D eigenvalue weighted by atomic mass is 32.2. The number of carbonyl (C=O) groups excluding carboxylic acids is 1. The van der Waals surface area contributed by atoms with Crippen molar-refractivity contribution in [2.24, 2.45) is 5.92 Å². The summed E-state index contributed by atoms with van der Waals surface area (Å²) in [5, 5.41) is 0. The first-order valence-electron chi connectivity index (χ1n) is 11.2. The van der Waals surface area contributed by atoms with E-state index in [2.05, 4.69) is 0 Å². The van der Waals surface area contributed by atoms with Crippen molar-refractivity contribution >= 4 is 15.9 Å². The molecule has 0 aromatic heterocycles. The Balaban J connectivity index is 1.25. The zero-order valence-corrected chi connectivity index (χ0v) is 18.9. The third-order valence-electron chi connectivity index (χ3n) is 6.24. The van der Waals surface area contributed by atoms with Crippen LogP contribution in [0.3, 0.4) is 0 Å². The second kappa shape index (κ2) is 10.1. The van der Waals surface area contributed by atoms with E-state index in [0.717, 1.165) is 31.2 Å². The summed E-state index contributed by atoms with van der Waals surface area (Å²) >= 11 is 0. The van der Waals surface area contributed by atoms with Crippen molar-refractivity contribution in [3.63, 3.8) is 0 Å². The molecule has 0 radical (unpaired) electrons. The van der Waals surface area contributed by atoms with E-state index in [4.69, 9.17) is 4.74 Å². The van der Waals surface area contributed by atoms with Gasteiger partial charge in [0.25, 0.3) is 5.91 Å². The fraction of sp³-hybridized carbons (Fsp3) is 0.458. The first-order chi connectivity index (χ1) is 15.4. The van der Waals surface area contributed by atoms with Gasteiger partial charge in [-0.25, -0.2) is 12.8 Å². The second-order valence-corrected chi connectivity index (χ2v) is 10.5. The summed E-state index contributed by atoms with van der Waals surface area (Å²) in [5.41, 5.74) is 1.45. The van der Waals surface area contributed by atoms with Crippen LogP contribution in [0.2, 0.25) is 0 Å². The maximum Gasteiger partial charge on any atom is 0.253 e. The number of rotatable bonds is 7. The van der Waals surface area contributed by atoms with E-state index in [0.29, 0.717) is 50.9 Å². The van der Waals surface area contributed by atoms with Crippen LogP contribution in [0.25, 0.3) is 0 Å². The van der Waals surface area contributed by atoms with Gasteiger partial charge in [-0.2, -0.15) is 4.31 Å². The van der Waals surface area contributed by atoms with Crippen LogP contribution in [0.4, 0.5) is 4.39 Å². The zero-order chi connectivity index (χ0) is 22.6. The Labute approximate surface area is 189 Å². The molecule has 0 aliphatic carbocycles. The number of amides is 1. The van der Waals surface area contributed by atoms with E-state index >= 15 is 0 Å². The van der Waals surface area contributed by atoms with Gasteiger partial charge in [-0.1, -0.05) is 12.1 Å². The Kier molecular flexibility index (Phi) is 7.23. The summed E-state index contributed by atoms with van der Waals surface area (Å²) in [7, 11) is -3.47. The number of halogens is 1. The molecule has 2 aromatic carbocycles. The summed E-state index contributed by atoms with van der Waals surface area (Å²) in [6, 6.07) is 12.6. The van der Waals surface area contributed by atoms with Gasteiger partial charge in [-0.05, 0) is 73.6 Å². The molecule has 2 aromatic rings. The highest BCUT2D eigenvalue weighted by Gasteiger charge is 2.28. The third-order valence-corrected chi connectivity index (χ3v) is 8.15. The SMILES string of the molecule is O=C(c1ccc(S(=O)(=O)N2CCCC2)cc1)N1CCC(COCc2ccc(F)cc2)CC1. The third kappa shape index (κ3) is 5.36. The first-order valence-corrected chi connectivity index (χ1v) is 12.6. The number of nitrogens with zero attached hydrogens (tertiary/aromatic N) is 2. The number of hydrogen-bond donors (Lipinski definition) is 0. The van der Waals surface area contributed by atoms with E-state index in [9.17, 15) is 17.6 Å². The summed E-state index contributed by atoms with van der Waals surface area (Å²) in [6.45, 7) is 3.49. The second-order valence-electron chi connectivity index (χ2n) is 8.51. The highest BCUT2D eigenvalue weighted by molar-refractivity contribution is 7.89. The fourth-order valence-electron chi connectivity index (χ4n) is 4.26. The monoisotopic (exact) mass is 460 g/mol. The van der Waals surface area contributed by atoms with Gasteiger partial charge in [-0.15, -0.1) is 0 Å². The van der Waals surface area contributed by atoms with E-state index in [1.165, 1.54) is 28.6 Å². The molecule has 2 aliphatic heterocycles. The van der Waals surface area contributed by atoms with Crippen LogP contribution < -0.4 is 0 Å². The summed E-state index contributed by atoms with van der Waals surface area (Å²) in [4.78, 5) is 14.9. The van der Waals surface area contributed by atoms with Crippen molar-refractivity contribution in [1.29, 1.82) is 0 Å². The molecular weight excluding hydrogens is 431 g/mol. The molecule has 0 N–H and O–H groups in total. The maximum absolute atomic E-state index is 13.0. The molecule has 2 fully saturated rings. The molecule has 172 valence electrons. The number of ether oxygens (including phenoxy) is 1. The number of carbonyl (C=O) groups is 1. The van der Waals surface area contributed by atoms with Gasteiger partial charge in [0.15, 0.2) is 0 Å². The van der Waals surface area contributed by atoms with Crippen LogP contribution in [0, 0.1) is 11.7 Å². The van der Waals surface area contributed by atoms with Gasteiger partial charge in [-0.3, -0.25) is 4.79 Å². The molecule has 0 bridgehead atoms. The summed E-state index contributed by atoms with van der Waals surface area (Å²) in [6.07, 6.45) is 3.50. The number of sulfonamides is 1. The molecule has 0 atom stereocenters. The number of benzene rings is 2. The van der Waals surface area contributed by atoms with Gasteiger partial charge in [0.1, 0.15) is 5.82 Å². The fourth-order valence-corrected chi connectivity index (χ4v) is 5.77. The Morgan fingerprint density at radius 3 is 2.19 bits per heavy atom. The number of piperidine rings is 1. The molecule has 2 heterocycles. The highest BCUT2D eigenvalue weighted by Crippen LogP contribution is 2.23. The lowest BCUT2D eigenvalue weighted by molar-refractivity contribution is 0.0478. The largest absolute Gasteiger partial charge is 0.376 e. The Hall–Kier alpha value is -2.29. The normalized spacial score (nSPS) is 18.2. The van der Waals surface area contributed by atoms with Crippen LogP contribution in [0.5, 0.6) is 0 Å². The molecule has 1 amide bonds. The Morgan fingerprint density at radius 1 is 0.938 bits per heavy atom. The molecule has 0 spiro atoms. The van der Waals surface area contributed by atoms with Gasteiger partial charge in [0.05, 0.1) is 11.5 Å². The average molecular weight is 461 g/mol. The maximum atomic E-state index is 13.0. The van der Waals surface area contributed by atoms with Crippen molar-refractivity contribution in [3.8, 4) is 0 Å². The van der Waals surface area contributed by atoms with E-state index < -0.39 is 10.0 Å². The van der Waals surface area contributed by atoms with Crippen LogP contribution in [-0.4, -0.2) is 56.3 Å². The van der Waals surface area contributed by atoms with Gasteiger partial charge in [0.2, 0.25) is 10.0 Å². The van der Waals surface area contributed by atoms with Crippen molar-refractivity contribution in [3.05, 3.63) is 65.5 Å². The smallest absolute Gasteiger partial charge is 0.253 e. The van der Waals surface area contributed by atoms with E-state index in [1.54, 1.807) is 24.3 Å². The molecule has 2 aliphatic rings. The molecular formula is C24H29FN2O4S. The van der Waals surface area contributed by atoms with Gasteiger partial charge < -0.3 is 9.64 Å². The minimum atomic E-state index is -3.47. The number of hydrogen-bond acceptors (Lipinski definition) is 4. The topological polar surface area (TPSA) is 66.9 Å². The lowest BCUT2D eigenvalue weighted by atomic mass is 9.97. The van der Waals surface area contributed by atoms with Gasteiger partial charge >= 0.3 is 0 Å². The van der Waals surface area contributed by atoms with Crippen molar-refractivity contribution in [1.82, 2.24) is 9.21 Å². The molecule has 4 rings (SSSR count). The zero-order valence-electron chi connectivity index (χ0n) is 18.1. The van der Waals surface area contributed by atoms with E-state index in [1.807, 2.05) is 4.90 Å². The quantitative estimate of drug-likeness (QED) is 0.632. The summed E-state index contributed by atoms with van der Waals surface area (Å²) in [5.74, 6) is 0.0573. The minimum absolute atomic E-state index is 0.0687. The molecule has 0 unspecified atom stereocenters. The lowest BCUT2D eigenvalue weighted by Crippen LogP contribution is -2.39. The predicted octanol–water partition coefficient (Wildman–Crippen LogP) is 3.68. The van der Waals surface area contributed by atoms with Gasteiger partial charge in [0, 0.05) is 38.3 Å². The van der Waals surface area contributed by atoms with Crippen LogP contribution in [0.15, 0.2) is 53.4 Å². The van der Waals surface area contributed by atoms with Crippen molar-refractivity contribution in [2.45, 2.75) is 37.2 Å². The van der Waals surface area contributed by atoms with Crippen molar-refractivity contribution in [2.75, 3.05) is 32.8 Å².